The van der Waals surface area contributed by atoms with E-state index in [2.05, 4.69) is 27.8 Å². The molecule has 0 bridgehead atoms. The second-order valence-electron chi connectivity index (χ2n) is 5.16. The normalized spacial score (nSPS) is 26.2. The van der Waals surface area contributed by atoms with Crippen LogP contribution in [0.5, 0.6) is 0 Å². The van der Waals surface area contributed by atoms with Crippen molar-refractivity contribution < 1.29 is 10.2 Å². The smallest absolute Gasteiger partial charge is 0.0772 e. The van der Waals surface area contributed by atoms with Crippen LogP contribution in [0.25, 0.3) is 0 Å². The number of hydrogen-bond acceptors (Lipinski definition) is 3. The molecule has 100 valence electrons. The highest BCUT2D eigenvalue weighted by atomic mass is 79.9. The molecule has 2 N–H and O–H groups in total. The Kier molecular flexibility index (Phi) is 4.30. The number of rotatable bonds is 2. The van der Waals surface area contributed by atoms with E-state index in [-0.39, 0.29) is 6.10 Å². The molecule has 0 amide bonds. The zero-order valence-corrected chi connectivity index (χ0v) is 12.4. The summed E-state index contributed by atoms with van der Waals surface area (Å²) in [6.45, 7) is 5.50. The van der Waals surface area contributed by atoms with Gasteiger partial charge >= 0.3 is 0 Å². The predicted molar refractivity (Wildman–Crippen MR) is 76.8 cm³/mol. The Morgan fingerprint density at radius 3 is 2.72 bits per heavy atom. The van der Waals surface area contributed by atoms with Gasteiger partial charge in [0.15, 0.2) is 0 Å². The van der Waals surface area contributed by atoms with Crippen molar-refractivity contribution in [2.45, 2.75) is 32.5 Å². The summed E-state index contributed by atoms with van der Waals surface area (Å²) < 4.78 is 0.920. The third kappa shape index (κ3) is 2.87. The molecule has 0 spiro atoms. The molecule has 1 saturated heterocycles. The minimum atomic E-state index is -0.472. The van der Waals surface area contributed by atoms with Crippen LogP contribution in [0.15, 0.2) is 22.7 Å². The van der Waals surface area contributed by atoms with Crippen LogP contribution in [-0.2, 0) is 0 Å². The largest absolute Gasteiger partial charge is 0.391 e. The SMILES string of the molecule is CC1CCN(c2ccc([C@H](C)O)c(Br)c2)CC1O. The highest BCUT2D eigenvalue weighted by Gasteiger charge is 2.24. The quantitative estimate of drug-likeness (QED) is 0.882. The van der Waals surface area contributed by atoms with Crippen molar-refractivity contribution in [3.63, 3.8) is 0 Å². The maximum Gasteiger partial charge on any atom is 0.0772 e. The van der Waals surface area contributed by atoms with Crippen molar-refractivity contribution in [3.8, 4) is 0 Å². The van der Waals surface area contributed by atoms with Gasteiger partial charge in [-0.3, -0.25) is 0 Å². The van der Waals surface area contributed by atoms with E-state index < -0.39 is 6.10 Å². The number of benzene rings is 1. The maximum atomic E-state index is 9.93. The van der Waals surface area contributed by atoms with Gasteiger partial charge in [-0.05, 0) is 37.0 Å². The molecule has 3 nitrogen and oxygen atoms in total. The third-order valence-electron chi connectivity index (χ3n) is 3.72. The molecule has 2 rings (SSSR count). The van der Waals surface area contributed by atoms with Gasteiger partial charge in [-0.1, -0.05) is 28.9 Å². The van der Waals surface area contributed by atoms with Gasteiger partial charge in [0.2, 0.25) is 0 Å². The van der Waals surface area contributed by atoms with Gasteiger partial charge in [0.1, 0.15) is 0 Å². The first kappa shape index (κ1) is 13.8. The van der Waals surface area contributed by atoms with Crippen LogP contribution in [0.2, 0.25) is 0 Å². The van der Waals surface area contributed by atoms with E-state index in [0.29, 0.717) is 12.5 Å². The molecule has 0 aromatic heterocycles. The van der Waals surface area contributed by atoms with Gasteiger partial charge < -0.3 is 15.1 Å². The summed E-state index contributed by atoms with van der Waals surface area (Å²) in [7, 11) is 0. The highest BCUT2D eigenvalue weighted by molar-refractivity contribution is 9.10. The first-order chi connectivity index (χ1) is 8.49. The predicted octanol–water partition coefficient (Wildman–Crippen LogP) is 2.71. The van der Waals surface area contributed by atoms with Gasteiger partial charge in [0, 0.05) is 23.2 Å². The van der Waals surface area contributed by atoms with Gasteiger partial charge in [-0.25, -0.2) is 0 Å². The molecule has 0 radical (unpaired) electrons. The number of halogens is 1. The maximum absolute atomic E-state index is 9.93. The summed E-state index contributed by atoms with van der Waals surface area (Å²) in [5, 5.41) is 19.5. The Morgan fingerprint density at radius 1 is 1.44 bits per heavy atom. The van der Waals surface area contributed by atoms with Crippen LogP contribution in [0.1, 0.15) is 31.9 Å². The Balaban J connectivity index is 2.17. The first-order valence-electron chi connectivity index (χ1n) is 6.39. The summed E-state index contributed by atoms with van der Waals surface area (Å²) in [5.41, 5.74) is 1.99. The van der Waals surface area contributed by atoms with Gasteiger partial charge in [-0.2, -0.15) is 0 Å². The fraction of sp³-hybridized carbons (Fsp3) is 0.571. The van der Waals surface area contributed by atoms with E-state index in [1.807, 2.05) is 18.2 Å². The van der Waals surface area contributed by atoms with E-state index >= 15 is 0 Å². The summed E-state index contributed by atoms with van der Waals surface area (Å²) in [6, 6.07) is 5.97. The molecule has 1 aromatic rings. The molecular formula is C14H20BrNO2. The zero-order chi connectivity index (χ0) is 13.3. The minimum Gasteiger partial charge on any atom is -0.391 e. The Morgan fingerprint density at radius 2 is 2.17 bits per heavy atom. The van der Waals surface area contributed by atoms with Crippen LogP contribution in [0.3, 0.4) is 0 Å². The number of anilines is 1. The number of piperidine rings is 1. The second-order valence-corrected chi connectivity index (χ2v) is 6.02. The molecule has 1 heterocycles. The highest BCUT2D eigenvalue weighted by Crippen LogP contribution is 2.30. The number of hydrogen-bond donors (Lipinski definition) is 2. The van der Waals surface area contributed by atoms with E-state index in [0.717, 1.165) is 28.7 Å². The lowest BCUT2D eigenvalue weighted by Gasteiger charge is -2.36. The summed E-state index contributed by atoms with van der Waals surface area (Å²) in [6.07, 6.45) is 0.283. The van der Waals surface area contributed by atoms with Crippen molar-refractivity contribution in [3.05, 3.63) is 28.2 Å². The van der Waals surface area contributed by atoms with Crippen LogP contribution < -0.4 is 4.90 Å². The van der Waals surface area contributed by atoms with Gasteiger partial charge in [-0.15, -0.1) is 0 Å². The fourth-order valence-electron chi connectivity index (χ4n) is 2.33. The molecule has 1 aliphatic rings. The molecule has 4 heteroatoms. The molecule has 3 atom stereocenters. The van der Waals surface area contributed by atoms with Crippen molar-refractivity contribution in [1.29, 1.82) is 0 Å². The third-order valence-corrected chi connectivity index (χ3v) is 4.40. The second kappa shape index (κ2) is 5.59. The summed E-state index contributed by atoms with van der Waals surface area (Å²) in [4.78, 5) is 2.20. The lowest BCUT2D eigenvalue weighted by Crippen LogP contribution is -2.42. The lowest BCUT2D eigenvalue weighted by molar-refractivity contribution is 0.103. The standard InChI is InChI=1S/C14H20BrNO2/c1-9-5-6-16(8-14(9)18)11-3-4-12(10(2)17)13(15)7-11/h3-4,7,9-10,14,17-18H,5-6,8H2,1-2H3/t9?,10-,14?/m0/s1. The van der Waals surface area contributed by atoms with Crippen LogP contribution in [0.4, 0.5) is 5.69 Å². The Hall–Kier alpha value is -0.580. The summed E-state index contributed by atoms with van der Waals surface area (Å²) in [5.74, 6) is 0.376. The van der Waals surface area contributed by atoms with Crippen LogP contribution in [-0.4, -0.2) is 29.4 Å². The molecule has 0 aliphatic carbocycles. The number of β-amino-alcohol motifs (C(OH)–C–C–N with tert-alkyl or cyclic N) is 1. The fourth-order valence-corrected chi connectivity index (χ4v) is 3.03. The number of nitrogens with zero attached hydrogens (tertiary/aromatic N) is 1. The first-order valence-corrected chi connectivity index (χ1v) is 7.19. The van der Waals surface area contributed by atoms with E-state index in [1.54, 1.807) is 6.92 Å². The van der Waals surface area contributed by atoms with Crippen molar-refractivity contribution in [2.75, 3.05) is 18.0 Å². The van der Waals surface area contributed by atoms with E-state index in [9.17, 15) is 10.2 Å². The molecule has 1 aromatic carbocycles. The molecule has 18 heavy (non-hydrogen) atoms. The van der Waals surface area contributed by atoms with Crippen molar-refractivity contribution >= 4 is 21.6 Å². The lowest BCUT2D eigenvalue weighted by atomic mass is 9.95. The monoisotopic (exact) mass is 313 g/mol. The van der Waals surface area contributed by atoms with Gasteiger partial charge in [0.25, 0.3) is 0 Å². The molecule has 0 saturated carbocycles. The van der Waals surface area contributed by atoms with Crippen molar-refractivity contribution in [1.82, 2.24) is 0 Å². The number of aliphatic hydroxyl groups is 2. The van der Waals surface area contributed by atoms with Crippen molar-refractivity contribution in [2.24, 2.45) is 5.92 Å². The zero-order valence-electron chi connectivity index (χ0n) is 10.8. The summed E-state index contributed by atoms with van der Waals surface area (Å²) >= 11 is 3.49. The molecular weight excluding hydrogens is 294 g/mol. The Bertz CT molecular complexity index is 422. The number of aliphatic hydroxyl groups excluding tert-OH is 2. The topological polar surface area (TPSA) is 43.7 Å². The van der Waals surface area contributed by atoms with E-state index in [1.165, 1.54) is 0 Å². The van der Waals surface area contributed by atoms with Gasteiger partial charge in [0.05, 0.1) is 12.2 Å². The Labute approximate surface area is 117 Å². The molecule has 1 aliphatic heterocycles. The van der Waals surface area contributed by atoms with Crippen LogP contribution >= 0.6 is 15.9 Å². The average molecular weight is 314 g/mol. The van der Waals surface area contributed by atoms with E-state index in [4.69, 9.17) is 0 Å². The van der Waals surface area contributed by atoms with Crippen LogP contribution in [0, 0.1) is 5.92 Å². The molecule has 1 fully saturated rings. The average Bonchev–Trinajstić information content (AvgIpc) is 2.32. The molecule has 2 unspecified atom stereocenters. The minimum absolute atomic E-state index is 0.256.